The van der Waals surface area contributed by atoms with Gasteiger partial charge >= 0.3 is 5.97 Å². The molecule has 0 saturated carbocycles. The molecule has 20 heavy (non-hydrogen) atoms. The van der Waals surface area contributed by atoms with Gasteiger partial charge in [0.15, 0.2) is 0 Å². The molecule has 0 aliphatic heterocycles. The van der Waals surface area contributed by atoms with Gasteiger partial charge in [-0.15, -0.1) is 0 Å². The molecular formula is C12H19N3O4S. The minimum absolute atomic E-state index is 0.00359. The zero-order valence-corrected chi connectivity index (χ0v) is 12.4. The lowest BCUT2D eigenvalue weighted by molar-refractivity contribution is 0.0698. The van der Waals surface area contributed by atoms with E-state index in [2.05, 4.69) is 10.0 Å². The van der Waals surface area contributed by atoms with Crippen LogP contribution in [0.15, 0.2) is 18.2 Å². The first-order valence-electron chi connectivity index (χ1n) is 5.86. The molecule has 1 aromatic rings. The van der Waals surface area contributed by atoms with E-state index in [0.29, 0.717) is 5.69 Å². The summed E-state index contributed by atoms with van der Waals surface area (Å²) in [6, 6.07) is 4.61. The lowest BCUT2D eigenvalue weighted by Crippen LogP contribution is -2.47. The number of aromatic carboxylic acids is 1. The first-order chi connectivity index (χ1) is 9.02. The maximum absolute atomic E-state index is 11.2. The molecule has 0 bridgehead atoms. The van der Waals surface area contributed by atoms with Gasteiger partial charge in [0.25, 0.3) is 0 Å². The second-order valence-electron chi connectivity index (χ2n) is 5.18. The highest BCUT2D eigenvalue weighted by atomic mass is 32.2. The molecule has 0 saturated heterocycles. The number of benzene rings is 1. The number of sulfonamides is 1. The highest BCUT2D eigenvalue weighted by Crippen LogP contribution is 2.23. The molecule has 8 heteroatoms. The fourth-order valence-corrected chi connectivity index (χ4v) is 2.84. The van der Waals surface area contributed by atoms with Crippen molar-refractivity contribution in [3.63, 3.8) is 0 Å². The normalized spacial score (nSPS) is 12.2. The van der Waals surface area contributed by atoms with E-state index in [0.717, 1.165) is 6.26 Å². The second kappa shape index (κ2) is 5.68. The van der Waals surface area contributed by atoms with Crippen molar-refractivity contribution < 1.29 is 18.3 Å². The van der Waals surface area contributed by atoms with E-state index >= 15 is 0 Å². The van der Waals surface area contributed by atoms with Gasteiger partial charge in [-0.1, -0.05) is 6.07 Å². The average molecular weight is 301 g/mol. The molecule has 1 aromatic carbocycles. The summed E-state index contributed by atoms with van der Waals surface area (Å²) < 4.78 is 24.9. The van der Waals surface area contributed by atoms with E-state index in [9.17, 15) is 13.2 Å². The van der Waals surface area contributed by atoms with Crippen LogP contribution in [0, 0.1) is 0 Å². The van der Waals surface area contributed by atoms with Crippen LogP contribution in [0.3, 0.4) is 0 Å². The Bertz CT molecular complexity index is 611. The van der Waals surface area contributed by atoms with Crippen molar-refractivity contribution in [2.45, 2.75) is 19.4 Å². The number of carbonyl (C=O) groups is 1. The zero-order chi connectivity index (χ0) is 15.6. The maximum Gasteiger partial charge on any atom is 0.337 e. The Morgan fingerprint density at radius 1 is 1.40 bits per heavy atom. The van der Waals surface area contributed by atoms with Gasteiger partial charge in [0.2, 0.25) is 10.0 Å². The number of para-hydroxylation sites is 1. The van der Waals surface area contributed by atoms with Crippen molar-refractivity contribution in [3.8, 4) is 0 Å². The van der Waals surface area contributed by atoms with Crippen LogP contribution in [0.25, 0.3) is 0 Å². The minimum Gasteiger partial charge on any atom is -0.478 e. The molecule has 0 atom stereocenters. The molecule has 1 rings (SSSR count). The van der Waals surface area contributed by atoms with Crippen LogP contribution in [0.1, 0.15) is 24.2 Å². The number of nitrogens with two attached hydrogens (primary N) is 1. The van der Waals surface area contributed by atoms with Crippen molar-refractivity contribution in [1.82, 2.24) is 4.72 Å². The van der Waals surface area contributed by atoms with Gasteiger partial charge < -0.3 is 16.2 Å². The molecule has 0 spiro atoms. The summed E-state index contributed by atoms with van der Waals surface area (Å²) in [4.78, 5) is 11.0. The third kappa shape index (κ3) is 4.71. The molecule has 0 heterocycles. The number of nitrogens with one attached hydrogen (secondary N) is 2. The average Bonchev–Trinajstić information content (AvgIpc) is 2.24. The van der Waals surface area contributed by atoms with Crippen LogP contribution in [0.4, 0.5) is 11.4 Å². The number of anilines is 2. The van der Waals surface area contributed by atoms with Crippen LogP contribution < -0.4 is 15.8 Å². The van der Waals surface area contributed by atoms with Crippen molar-refractivity contribution in [2.24, 2.45) is 0 Å². The number of rotatable bonds is 6. The summed E-state index contributed by atoms with van der Waals surface area (Å²) in [6.45, 7) is 3.67. The molecule has 0 unspecified atom stereocenters. The third-order valence-corrected chi connectivity index (χ3v) is 3.44. The Hall–Kier alpha value is -1.80. The second-order valence-corrected chi connectivity index (χ2v) is 6.93. The van der Waals surface area contributed by atoms with Crippen LogP contribution >= 0.6 is 0 Å². The van der Waals surface area contributed by atoms with Crippen LogP contribution in [0.5, 0.6) is 0 Å². The van der Waals surface area contributed by atoms with Gasteiger partial charge in [0, 0.05) is 12.1 Å². The number of carboxylic acid groups (broad SMARTS) is 1. The van der Waals surface area contributed by atoms with E-state index in [4.69, 9.17) is 10.8 Å². The molecule has 112 valence electrons. The number of nitrogen functional groups attached to an aromatic ring is 1. The summed E-state index contributed by atoms with van der Waals surface area (Å²) in [5.74, 6) is -1.11. The van der Waals surface area contributed by atoms with Crippen molar-refractivity contribution in [1.29, 1.82) is 0 Å². The van der Waals surface area contributed by atoms with E-state index in [1.807, 2.05) is 0 Å². The molecule has 0 aromatic heterocycles. The molecule has 7 nitrogen and oxygen atoms in total. The Morgan fingerprint density at radius 2 is 2.00 bits per heavy atom. The van der Waals surface area contributed by atoms with E-state index in [1.165, 1.54) is 6.07 Å². The summed E-state index contributed by atoms with van der Waals surface area (Å²) in [5, 5.41) is 11.9. The topological polar surface area (TPSA) is 122 Å². The quantitative estimate of drug-likeness (QED) is 0.574. The molecule has 0 aliphatic carbocycles. The Kier molecular flexibility index (Phi) is 4.61. The molecule has 0 fully saturated rings. The predicted octanol–water partition coefficient (Wildman–Crippen LogP) is 0.707. The SMILES string of the molecule is CC(C)(CNc1cccc(C(=O)O)c1N)NS(C)(=O)=O. The van der Waals surface area contributed by atoms with Crippen LogP contribution in [-0.4, -0.2) is 37.8 Å². The lowest BCUT2D eigenvalue weighted by Gasteiger charge is -2.26. The summed E-state index contributed by atoms with van der Waals surface area (Å²) in [7, 11) is -3.33. The fourth-order valence-electron chi connectivity index (χ4n) is 1.76. The zero-order valence-electron chi connectivity index (χ0n) is 11.6. The van der Waals surface area contributed by atoms with E-state index in [1.54, 1.807) is 26.0 Å². The highest BCUT2D eigenvalue weighted by molar-refractivity contribution is 7.88. The maximum atomic E-state index is 11.2. The van der Waals surface area contributed by atoms with Gasteiger partial charge in [-0.05, 0) is 26.0 Å². The van der Waals surface area contributed by atoms with E-state index in [-0.39, 0.29) is 17.8 Å². The fraction of sp³-hybridized carbons (Fsp3) is 0.417. The standard InChI is InChI=1S/C12H19N3O4S/c1-12(2,15-20(3,18)19)7-14-9-6-4-5-8(10(9)13)11(16)17/h4-6,14-15H,7,13H2,1-3H3,(H,16,17). The minimum atomic E-state index is -3.33. The first-order valence-corrected chi connectivity index (χ1v) is 7.75. The highest BCUT2D eigenvalue weighted by Gasteiger charge is 2.22. The third-order valence-electron chi connectivity index (χ3n) is 2.52. The van der Waals surface area contributed by atoms with Crippen LogP contribution in [-0.2, 0) is 10.0 Å². The molecule has 0 radical (unpaired) electrons. The van der Waals surface area contributed by atoms with Gasteiger partial charge in [0.05, 0.1) is 23.2 Å². The summed E-state index contributed by atoms with van der Waals surface area (Å²) in [5.41, 5.74) is 5.60. The summed E-state index contributed by atoms with van der Waals surface area (Å²) in [6.07, 6.45) is 1.08. The van der Waals surface area contributed by atoms with E-state index < -0.39 is 21.5 Å². The number of hydrogen-bond acceptors (Lipinski definition) is 5. The Labute approximate surface area is 118 Å². The Morgan fingerprint density at radius 3 is 2.50 bits per heavy atom. The van der Waals surface area contributed by atoms with Crippen molar-refractivity contribution >= 4 is 27.4 Å². The predicted molar refractivity (Wildman–Crippen MR) is 78.4 cm³/mol. The smallest absolute Gasteiger partial charge is 0.337 e. The Balaban J connectivity index is 2.85. The number of hydrogen-bond donors (Lipinski definition) is 4. The number of carboxylic acids is 1. The largest absolute Gasteiger partial charge is 0.478 e. The lowest BCUT2D eigenvalue weighted by atomic mass is 10.1. The molecule has 0 aliphatic rings. The van der Waals surface area contributed by atoms with Gasteiger partial charge in [0.1, 0.15) is 0 Å². The molecule has 5 N–H and O–H groups in total. The van der Waals surface area contributed by atoms with Crippen LogP contribution in [0.2, 0.25) is 0 Å². The van der Waals surface area contributed by atoms with Gasteiger partial charge in [-0.25, -0.2) is 17.9 Å². The monoisotopic (exact) mass is 301 g/mol. The van der Waals surface area contributed by atoms with Crippen molar-refractivity contribution in [2.75, 3.05) is 23.9 Å². The van der Waals surface area contributed by atoms with Crippen molar-refractivity contribution in [3.05, 3.63) is 23.8 Å². The molecule has 0 amide bonds. The van der Waals surface area contributed by atoms with Gasteiger partial charge in [-0.3, -0.25) is 0 Å². The molecular weight excluding hydrogens is 282 g/mol. The first kappa shape index (κ1) is 16.3. The summed E-state index contributed by atoms with van der Waals surface area (Å²) >= 11 is 0. The van der Waals surface area contributed by atoms with Gasteiger partial charge in [-0.2, -0.15) is 0 Å².